The molecule has 2 unspecified atom stereocenters. The number of methoxy groups -OCH3 is 2. The number of hydrogen-bond donors (Lipinski definition) is 4. The molecule has 1 rings (SSSR count). The second-order valence-corrected chi connectivity index (χ2v) is 9.91. The highest BCUT2D eigenvalue weighted by Crippen LogP contribution is 2.57. The predicted octanol–water partition coefficient (Wildman–Crippen LogP) is 2.61. The summed E-state index contributed by atoms with van der Waals surface area (Å²) in [6.45, 7) is 13.1. The van der Waals surface area contributed by atoms with Crippen LogP contribution in [0.25, 0.3) is 0 Å². The third-order valence-electron chi connectivity index (χ3n) is 5.53. The van der Waals surface area contributed by atoms with Gasteiger partial charge in [0.1, 0.15) is 0 Å². The van der Waals surface area contributed by atoms with E-state index in [1.807, 2.05) is 0 Å². The van der Waals surface area contributed by atoms with E-state index in [4.69, 9.17) is 29.0 Å². The van der Waals surface area contributed by atoms with Crippen LogP contribution in [0.4, 0.5) is 0 Å². The minimum atomic E-state index is -5.05. The molecule has 1 aliphatic rings. The molecule has 0 fully saturated rings. The van der Waals surface area contributed by atoms with Gasteiger partial charge in [-0.05, 0) is 13.8 Å². The van der Waals surface area contributed by atoms with E-state index < -0.39 is 15.6 Å². The van der Waals surface area contributed by atoms with Crippen molar-refractivity contribution in [1.82, 2.24) is 0 Å². The minimum absolute atomic E-state index is 0.0106. The predicted molar refractivity (Wildman–Crippen MR) is 92.7 cm³/mol. The first kappa shape index (κ1) is 24.9. The van der Waals surface area contributed by atoms with Crippen molar-refractivity contribution < 1.29 is 42.5 Å². The van der Waals surface area contributed by atoms with E-state index in [0.717, 1.165) is 0 Å². The van der Waals surface area contributed by atoms with Gasteiger partial charge in [-0.15, -0.1) is 0 Å². The van der Waals surface area contributed by atoms with Gasteiger partial charge < -0.3 is 29.0 Å². The van der Waals surface area contributed by atoms with Crippen LogP contribution >= 0.6 is 15.6 Å². The van der Waals surface area contributed by atoms with Crippen LogP contribution in [0.15, 0.2) is 12.2 Å². The maximum absolute atomic E-state index is 9.63. The third-order valence-corrected chi connectivity index (χ3v) is 7.23. The summed E-state index contributed by atoms with van der Waals surface area (Å²) in [6.07, 6.45) is 4.39. The van der Waals surface area contributed by atoms with Crippen LogP contribution < -0.4 is 0 Å². The smallest absolute Gasteiger partial charge is 0.377 e. The summed E-state index contributed by atoms with van der Waals surface area (Å²) in [5, 5.41) is 0. The van der Waals surface area contributed by atoms with E-state index in [9.17, 15) is 9.13 Å². The van der Waals surface area contributed by atoms with E-state index in [-0.39, 0.29) is 22.0 Å². The fourth-order valence-electron chi connectivity index (χ4n) is 2.99. The molecule has 9 nitrogen and oxygen atoms in total. The zero-order valence-corrected chi connectivity index (χ0v) is 17.7. The van der Waals surface area contributed by atoms with Gasteiger partial charge in [-0.2, -0.15) is 4.31 Å². The maximum Gasteiger partial charge on any atom is 0.478 e. The molecule has 2 atom stereocenters. The average Bonchev–Trinajstić information content (AvgIpc) is 2.38. The first-order valence-corrected chi connectivity index (χ1v) is 10.5. The molecule has 11 heteroatoms. The van der Waals surface area contributed by atoms with Gasteiger partial charge in [0.15, 0.2) is 0 Å². The first-order chi connectivity index (χ1) is 10.8. The summed E-state index contributed by atoms with van der Waals surface area (Å²) in [5.41, 5.74) is -0.683. The van der Waals surface area contributed by atoms with Crippen LogP contribution in [0.3, 0.4) is 0 Å². The maximum atomic E-state index is 9.63. The molecule has 4 N–H and O–H groups in total. The van der Waals surface area contributed by atoms with Gasteiger partial charge in [-0.1, -0.05) is 39.8 Å². The topological polar surface area (TPSA) is 143 Å². The zero-order valence-electron chi connectivity index (χ0n) is 15.9. The molecule has 0 saturated heterocycles. The Morgan fingerprint density at radius 1 is 0.760 bits per heavy atom. The van der Waals surface area contributed by atoms with Crippen molar-refractivity contribution in [3.8, 4) is 0 Å². The van der Waals surface area contributed by atoms with Crippen molar-refractivity contribution in [1.29, 1.82) is 0 Å². The lowest BCUT2D eigenvalue weighted by atomic mass is 9.52. The Hall–Kier alpha value is -0.0800. The molecule has 0 spiro atoms. The van der Waals surface area contributed by atoms with Crippen LogP contribution in [0.1, 0.15) is 41.5 Å². The summed E-state index contributed by atoms with van der Waals surface area (Å²) >= 11 is 0. The molecule has 0 bridgehead atoms. The van der Waals surface area contributed by atoms with E-state index in [1.165, 1.54) is 0 Å². The highest BCUT2D eigenvalue weighted by Gasteiger charge is 2.61. The summed E-state index contributed by atoms with van der Waals surface area (Å²) in [6, 6.07) is 0. The van der Waals surface area contributed by atoms with Crippen LogP contribution in [0, 0.1) is 10.8 Å². The zero-order chi connectivity index (χ0) is 20.5. The van der Waals surface area contributed by atoms with Gasteiger partial charge in [0.2, 0.25) is 0 Å². The van der Waals surface area contributed by atoms with Crippen LogP contribution in [0.5, 0.6) is 0 Å². The molecule has 25 heavy (non-hydrogen) atoms. The molecule has 0 aromatic rings. The van der Waals surface area contributed by atoms with Crippen LogP contribution in [0.2, 0.25) is 0 Å². The van der Waals surface area contributed by atoms with Crippen molar-refractivity contribution >= 4 is 15.6 Å². The van der Waals surface area contributed by atoms with Gasteiger partial charge in [-0.3, -0.25) is 0 Å². The molecule has 0 aliphatic heterocycles. The molecule has 0 saturated carbocycles. The van der Waals surface area contributed by atoms with Crippen molar-refractivity contribution in [3.63, 3.8) is 0 Å². The van der Waals surface area contributed by atoms with E-state index in [2.05, 4.69) is 58.0 Å². The SMILES string of the molecule is COC1(C)C=CC(C)(C)C(C)(OC)C1(C)C.O=P(O)(O)OP(=O)(O)O. The molecule has 0 aromatic heterocycles. The van der Waals surface area contributed by atoms with Crippen molar-refractivity contribution in [2.75, 3.05) is 14.2 Å². The van der Waals surface area contributed by atoms with Gasteiger partial charge >= 0.3 is 15.6 Å². The monoisotopic (exact) mass is 404 g/mol. The lowest BCUT2D eigenvalue weighted by Gasteiger charge is -2.60. The Labute approximate surface area is 148 Å². The first-order valence-electron chi connectivity index (χ1n) is 7.42. The highest BCUT2D eigenvalue weighted by molar-refractivity contribution is 7.60. The fourth-order valence-corrected chi connectivity index (χ4v) is 4.10. The fraction of sp³-hybridized carbons (Fsp3) is 0.857. The van der Waals surface area contributed by atoms with Gasteiger partial charge in [0.05, 0.1) is 11.2 Å². The standard InChI is InChI=1S/C14H26O2.H4O7P2/c1-11(2)9-10-13(5,15-7)12(3,4)14(11,6)16-8;1-8(2,3)7-9(4,5)6/h9-10H,1-8H3;(H2,1,2,3)(H2,4,5,6). The Morgan fingerprint density at radius 3 is 1.40 bits per heavy atom. The van der Waals surface area contributed by atoms with Crippen molar-refractivity contribution in [3.05, 3.63) is 12.2 Å². The molecule has 0 aromatic carbocycles. The summed E-state index contributed by atoms with van der Waals surface area (Å²) in [4.78, 5) is 31.0. The molecule has 150 valence electrons. The van der Waals surface area contributed by atoms with E-state index in [0.29, 0.717) is 0 Å². The molecule has 1 aliphatic carbocycles. The van der Waals surface area contributed by atoms with Crippen LogP contribution in [-0.4, -0.2) is 45.0 Å². The molecule has 0 heterocycles. The number of rotatable bonds is 4. The Kier molecular flexibility index (Phi) is 7.48. The molecular formula is C14H30O9P2. The van der Waals surface area contributed by atoms with Gasteiger partial charge in [-0.25, -0.2) is 9.13 Å². The summed E-state index contributed by atoms with van der Waals surface area (Å²) in [7, 11) is -6.55. The lowest BCUT2D eigenvalue weighted by molar-refractivity contribution is -0.216. The third kappa shape index (κ3) is 5.45. The quantitative estimate of drug-likeness (QED) is 0.411. The Morgan fingerprint density at radius 2 is 1.16 bits per heavy atom. The molecular weight excluding hydrogens is 374 g/mol. The molecule has 0 radical (unpaired) electrons. The van der Waals surface area contributed by atoms with Gasteiger partial charge in [0, 0.05) is 25.0 Å². The minimum Gasteiger partial charge on any atom is -0.377 e. The Balaban J connectivity index is 0.000000547. The molecule has 0 amide bonds. The van der Waals surface area contributed by atoms with Crippen molar-refractivity contribution in [2.45, 2.75) is 52.7 Å². The average molecular weight is 404 g/mol. The number of hydrogen-bond acceptors (Lipinski definition) is 5. The summed E-state index contributed by atoms with van der Waals surface area (Å²) < 4.78 is 33.8. The largest absolute Gasteiger partial charge is 0.478 e. The summed E-state index contributed by atoms with van der Waals surface area (Å²) in [5.74, 6) is 0. The lowest BCUT2D eigenvalue weighted by Crippen LogP contribution is -2.65. The van der Waals surface area contributed by atoms with E-state index >= 15 is 0 Å². The van der Waals surface area contributed by atoms with Crippen molar-refractivity contribution in [2.24, 2.45) is 10.8 Å². The number of phosphoric acid groups is 2. The Bertz CT molecular complexity index is 569. The number of ether oxygens (including phenoxy) is 2. The second-order valence-electron chi connectivity index (χ2n) is 7.29. The van der Waals surface area contributed by atoms with Crippen LogP contribution in [-0.2, 0) is 22.9 Å². The van der Waals surface area contributed by atoms with E-state index in [1.54, 1.807) is 14.2 Å². The van der Waals surface area contributed by atoms with Gasteiger partial charge in [0.25, 0.3) is 0 Å². The normalized spacial score (nSPS) is 31.2. The second kappa shape index (κ2) is 7.50. The highest BCUT2D eigenvalue weighted by atomic mass is 31.3.